The van der Waals surface area contributed by atoms with Crippen LogP contribution in [0, 0.1) is 6.92 Å². The Hall–Kier alpha value is -2.86. The lowest BCUT2D eigenvalue weighted by Crippen LogP contribution is -2.14. The van der Waals surface area contributed by atoms with Gasteiger partial charge in [-0.15, -0.1) is 0 Å². The van der Waals surface area contributed by atoms with Crippen molar-refractivity contribution in [2.24, 2.45) is 0 Å². The minimum Gasteiger partial charge on any atom is -0.451 e. The van der Waals surface area contributed by atoms with E-state index < -0.39 is 5.97 Å². The Labute approximate surface area is 157 Å². The predicted octanol–water partition coefficient (Wildman–Crippen LogP) is 5.02. The molecule has 2 heterocycles. The van der Waals surface area contributed by atoms with Crippen molar-refractivity contribution >= 4 is 49.6 Å². The standard InChI is InChI=1S/C20H14BrNO4/c1-11-14-8-12(21)6-7-18(14)26-19(11)20(24)25-10-17(23)15-9-22-16-5-3-2-4-13(15)16/h2-9,22H,10H2,1H3. The number of esters is 1. The molecule has 2 aromatic carbocycles. The second-order valence-corrected chi connectivity index (χ2v) is 6.86. The number of carbonyl (C=O) groups excluding carboxylic acids is 2. The van der Waals surface area contributed by atoms with E-state index in [1.165, 1.54) is 0 Å². The SMILES string of the molecule is Cc1c(C(=O)OCC(=O)c2c[nH]c3ccccc23)oc2ccc(Br)cc12. The molecule has 0 aliphatic carbocycles. The lowest BCUT2D eigenvalue weighted by Gasteiger charge is -2.02. The monoisotopic (exact) mass is 411 g/mol. The van der Waals surface area contributed by atoms with Crippen molar-refractivity contribution in [2.45, 2.75) is 6.92 Å². The van der Waals surface area contributed by atoms with Crippen LogP contribution in [0.4, 0.5) is 0 Å². The van der Waals surface area contributed by atoms with Gasteiger partial charge in [-0.05, 0) is 31.2 Å². The van der Waals surface area contributed by atoms with Gasteiger partial charge in [-0.3, -0.25) is 4.79 Å². The number of furan rings is 1. The molecule has 2 aromatic heterocycles. The summed E-state index contributed by atoms with van der Waals surface area (Å²) in [6, 6.07) is 13.0. The summed E-state index contributed by atoms with van der Waals surface area (Å²) >= 11 is 3.40. The third-order valence-corrected chi connectivity index (χ3v) is 4.80. The molecular weight excluding hydrogens is 398 g/mol. The normalized spacial score (nSPS) is 11.2. The first-order valence-corrected chi connectivity index (χ1v) is 8.79. The van der Waals surface area contributed by atoms with E-state index in [1.807, 2.05) is 36.4 Å². The fraction of sp³-hybridized carbons (Fsp3) is 0.100. The van der Waals surface area contributed by atoms with E-state index >= 15 is 0 Å². The smallest absolute Gasteiger partial charge is 0.375 e. The third kappa shape index (κ3) is 2.82. The summed E-state index contributed by atoms with van der Waals surface area (Å²) in [6.07, 6.45) is 1.63. The highest BCUT2D eigenvalue weighted by Gasteiger charge is 2.21. The quantitative estimate of drug-likeness (QED) is 0.377. The lowest BCUT2D eigenvalue weighted by molar-refractivity contribution is 0.0445. The van der Waals surface area contributed by atoms with Crippen LogP contribution >= 0.6 is 15.9 Å². The van der Waals surface area contributed by atoms with Gasteiger partial charge < -0.3 is 14.1 Å². The van der Waals surface area contributed by atoms with Gasteiger partial charge in [0, 0.05) is 38.1 Å². The topological polar surface area (TPSA) is 72.3 Å². The first kappa shape index (κ1) is 16.6. The highest BCUT2D eigenvalue weighted by Crippen LogP contribution is 2.28. The van der Waals surface area contributed by atoms with E-state index in [4.69, 9.17) is 9.15 Å². The minimum absolute atomic E-state index is 0.116. The molecule has 0 bridgehead atoms. The summed E-state index contributed by atoms with van der Waals surface area (Å²) < 4.78 is 11.7. The number of rotatable bonds is 4. The van der Waals surface area contributed by atoms with Crippen molar-refractivity contribution in [1.29, 1.82) is 0 Å². The number of carbonyl (C=O) groups is 2. The van der Waals surface area contributed by atoms with Gasteiger partial charge in [-0.25, -0.2) is 4.79 Å². The molecule has 4 rings (SSSR count). The van der Waals surface area contributed by atoms with Crippen LogP contribution in [0.5, 0.6) is 0 Å². The molecule has 4 aromatic rings. The summed E-state index contributed by atoms with van der Waals surface area (Å²) in [5.74, 6) is -0.805. The van der Waals surface area contributed by atoms with Crippen molar-refractivity contribution in [3.63, 3.8) is 0 Å². The van der Waals surface area contributed by atoms with Crippen LogP contribution in [0.3, 0.4) is 0 Å². The molecule has 0 amide bonds. The molecule has 0 aliphatic heterocycles. The number of benzene rings is 2. The lowest BCUT2D eigenvalue weighted by atomic mass is 10.1. The number of fused-ring (bicyclic) bond motifs is 2. The van der Waals surface area contributed by atoms with E-state index in [-0.39, 0.29) is 18.2 Å². The number of H-pyrrole nitrogens is 1. The van der Waals surface area contributed by atoms with Gasteiger partial charge in [0.1, 0.15) is 5.58 Å². The Balaban J connectivity index is 1.54. The zero-order valence-corrected chi connectivity index (χ0v) is 15.4. The molecule has 0 atom stereocenters. The summed E-state index contributed by atoms with van der Waals surface area (Å²) in [5.41, 5.74) is 2.64. The molecule has 130 valence electrons. The Morgan fingerprint density at radius 1 is 1.15 bits per heavy atom. The Bertz CT molecular complexity index is 1160. The fourth-order valence-corrected chi connectivity index (χ4v) is 3.33. The average molecular weight is 412 g/mol. The van der Waals surface area contributed by atoms with Crippen LogP contribution in [0.25, 0.3) is 21.9 Å². The molecule has 0 aliphatic rings. The van der Waals surface area contributed by atoms with Crippen LogP contribution < -0.4 is 0 Å². The third-order valence-electron chi connectivity index (χ3n) is 4.31. The van der Waals surface area contributed by atoms with E-state index in [1.54, 1.807) is 19.2 Å². The van der Waals surface area contributed by atoms with Gasteiger partial charge in [0.2, 0.25) is 11.5 Å². The summed E-state index contributed by atoms with van der Waals surface area (Å²) in [7, 11) is 0. The Morgan fingerprint density at radius 2 is 1.96 bits per heavy atom. The number of hydrogen-bond donors (Lipinski definition) is 1. The molecule has 1 N–H and O–H groups in total. The second-order valence-electron chi connectivity index (χ2n) is 5.94. The molecule has 0 saturated heterocycles. The number of aromatic nitrogens is 1. The van der Waals surface area contributed by atoms with Crippen LogP contribution in [-0.4, -0.2) is 23.3 Å². The van der Waals surface area contributed by atoms with Gasteiger partial charge in [0.15, 0.2) is 6.61 Å². The van der Waals surface area contributed by atoms with Crippen molar-refractivity contribution in [3.05, 3.63) is 70.0 Å². The zero-order valence-electron chi connectivity index (χ0n) is 13.8. The number of aryl methyl sites for hydroxylation is 1. The molecular formula is C20H14BrNO4. The summed E-state index contributed by atoms with van der Waals surface area (Å²) in [5, 5.41) is 1.63. The molecule has 5 nitrogen and oxygen atoms in total. The van der Waals surface area contributed by atoms with Crippen molar-refractivity contribution in [1.82, 2.24) is 4.98 Å². The molecule has 26 heavy (non-hydrogen) atoms. The summed E-state index contributed by atoms with van der Waals surface area (Å²) in [4.78, 5) is 27.8. The highest BCUT2D eigenvalue weighted by atomic mass is 79.9. The molecule has 0 unspecified atom stereocenters. The molecule has 0 radical (unpaired) electrons. The van der Waals surface area contributed by atoms with Gasteiger partial charge in [0.25, 0.3) is 0 Å². The first-order valence-electron chi connectivity index (χ1n) is 7.99. The second kappa shape index (κ2) is 6.46. The Kier molecular flexibility index (Phi) is 4.12. The van der Waals surface area contributed by atoms with Crippen LogP contribution in [0.15, 0.2) is 57.6 Å². The number of para-hydroxylation sites is 1. The summed E-state index contributed by atoms with van der Waals surface area (Å²) in [6.45, 7) is 1.44. The van der Waals surface area contributed by atoms with Crippen LogP contribution in [0.2, 0.25) is 0 Å². The molecule has 0 spiro atoms. The van der Waals surface area contributed by atoms with E-state index in [2.05, 4.69) is 20.9 Å². The Morgan fingerprint density at radius 3 is 2.81 bits per heavy atom. The number of aromatic amines is 1. The van der Waals surface area contributed by atoms with E-state index in [9.17, 15) is 9.59 Å². The number of ether oxygens (including phenoxy) is 1. The fourth-order valence-electron chi connectivity index (χ4n) is 2.96. The van der Waals surface area contributed by atoms with E-state index in [0.717, 1.165) is 20.8 Å². The van der Waals surface area contributed by atoms with Crippen LogP contribution in [-0.2, 0) is 4.74 Å². The number of ketones is 1. The van der Waals surface area contributed by atoms with Crippen molar-refractivity contribution in [2.75, 3.05) is 6.61 Å². The van der Waals surface area contributed by atoms with Gasteiger partial charge in [-0.2, -0.15) is 0 Å². The van der Waals surface area contributed by atoms with E-state index in [0.29, 0.717) is 16.7 Å². The predicted molar refractivity (Wildman–Crippen MR) is 102 cm³/mol. The van der Waals surface area contributed by atoms with Crippen molar-refractivity contribution < 1.29 is 18.7 Å². The maximum Gasteiger partial charge on any atom is 0.375 e. The maximum absolute atomic E-state index is 12.4. The van der Waals surface area contributed by atoms with Gasteiger partial charge >= 0.3 is 5.97 Å². The first-order chi connectivity index (χ1) is 12.5. The maximum atomic E-state index is 12.4. The number of Topliss-reactive ketones (excluding diaryl/α,β-unsaturated/α-hetero) is 1. The number of nitrogens with one attached hydrogen (secondary N) is 1. The van der Waals surface area contributed by atoms with Crippen molar-refractivity contribution in [3.8, 4) is 0 Å². The van der Waals surface area contributed by atoms with Crippen LogP contribution in [0.1, 0.15) is 26.5 Å². The minimum atomic E-state index is -0.650. The molecule has 0 fully saturated rings. The number of hydrogen-bond acceptors (Lipinski definition) is 4. The number of halogens is 1. The largest absolute Gasteiger partial charge is 0.451 e. The molecule has 0 saturated carbocycles. The average Bonchev–Trinajstić information content (AvgIpc) is 3.21. The molecule has 6 heteroatoms. The zero-order chi connectivity index (χ0) is 18.3. The highest BCUT2D eigenvalue weighted by molar-refractivity contribution is 9.10. The van der Waals surface area contributed by atoms with Gasteiger partial charge in [0.05, 0.1) is 0 Å². The van der Waals surface area contributed by atoms with Gasteiger partial charge in [-0.1, -0.05) is 34.1 Å².